The summed E-state index contributed by atoms with van der Waals surface area (Å²) < 4.78 is 34.5. The zero-order valence-corrected chi connectivity index (χ0v) is 24.0. The van der Waals surface area contributed by atoms with Gasteiger partial charge in [0.1, 0.15) is 10.6 Å². The smallest absolute Gasteiger partial charge is 0.355 e. The number of ether oxygens (including phenoxy) is 1. The van der Waals surface area contributed by atoms with E-state index < -0.39 is 21.9 Å². The Bertz CT molecular complexity index is 1910. The maximum Gasteiger partial charge on any atom is 0.355 e. The molecule has 1 amide bonds. The van der Waals surface area contributed by atoms with Gasteiger partial charge in [-0.2, -0.15) is 5.10 Å². The van der Waals surface area contributed by atoms with Crippen molar-refractivity contribution in [3.8, 4) is 5.75 Å². The first-order chi connectivity index (χ1) is 19.7. The minimum atomic E-state index is -3.99. The largest absolute Gasteiger partial charge is 0.422 e. The Labute approximate surface area is 249 Å². The van der Waals surface area contributed by atoms with Gasteiger partial charge in [0.2, 0.25) is 0 Å². The lowest BCUT2D eigenvalue weighted by Gasteiger charge is -2.12. The topological polar surface area (TPSA) is 114 Å². The van der Waals surface area contributed by atoms with Crippen LogP contribution in [0.1, 0.15) is 25.6 Å². The third-order valence-electron chi connectivity index (χ3n) is 5.75. The Morgan fingerprint density at radius 1 is 0.854 bits per heavy atom. The van der Waals surface area contributed by atoms with E-state index in [2.05, 4.69) is 15.2 Å². The molecule has 0 radical (unpaired) electrons. The summed E-state index contributed by atoms with van der Waals surface area (Å²) in [6, 6.07) is 25.7. The summed E-state index contributed by atoms with van der Waals surface area (Å²) in [5, 5.41) is 5.46. The number of thiophene rings is 1. The molecule has 0 aliphatic heterocycles. The van der Waals surface area contributed by atoms with Gasteiger partial charge in [-0.25, -0.2) is 18.6 Å². The number of hydrogen-bond donors (Lipinski definition) is 2. The number of rotatable bonds is 8. The van der Waals surface area contributed by atoms with Crippen LogP contribution in [0.2, 0.25) is 10.0 Å². The minimum absolute atomic E-state index is 0.0155. The Morgan fingerprint density at radius 3 is 2.32 bits per heavy atom. The Balaban J connectivity index is 1.30. The maximum atomic E-state index is 12.9. The number of carbonyl (C=O) groups excluding carboxylic acids is 2. The lowest BCUT2D eigenvalue weighted by atomic mass is 10.2. The summed E-state index contributed by atoms with van der Waals surface area (Å²) in [5.74, 6) is -1.08. The number of benzene rings is 4. The molecule has 0 atom stereocenters. The molecule has 41 heavy (non-hydrogen) atoms. The number of nitrogens with zero attached hydrogens (tertiary/aromatic N) is 1. The van der Waals surface area contributed by atoms with Crippen LogP contribution in [-0.4, -0.2) is 26.5 Å². The quantitative estimate of drug-likeness (QED) is 0.0836. The first-order valence-electron chi connectivity index (χ1n) is 11.9. The minimum Gasteiger partial charge on any atom is -0.422 e. The van der Waals surface area contributed by atoms with Crippen LogP contribution in [0.15, 0.2) is 107 Å². The fourth-order valence-corrected chi connectivity index (χ4v) is 6.37. The summed E-state index contributed by atoms with van der Waals surface area (Å²) in [7, 11) is -3.99. The highest BCUT2D eigenvalue weighted by Gasteiger charge is 2.21. The van der Waals surface area contributed by atoms with E-state index >= 15 is 0 Å². The molecule has 8 nitrogen and oxygen atoms in total. The van der Waals surface area contributed by atoms with Gasteiger partial charge in [-0.1, -0.05) is 65.7 Å². The predicted octanol–water partition coefficient (Wildman–Crippen LogP) is 6.99. The summed E-state index contributed by atoms with van der Waals surface area (Å²) >= 11 is 13.5. The SMILES string of the molecule is O=C(NN=Cc1ccccc1OC(=O)c1sc2ccccc2c1Cl)c1ccccc1NS(=O)(=O)c1ccc(Cl)cc1. The number of anilines is 1. The average molecular weight is 625 g/mol. The predicted molar refractivity (Wildman–Crippen MR) is 162 cm³/mol. The van der Waals surface area contributed by atoms with E-state index in [1.165, 1.54) is 53.9 Å². The number of hydrazone groups is 1. The second kappa shape index (κ2) is 12.1. The van der Waals surface area contributed by atoms with Gasteiger partial charge in [-0.15, -0.1) is 11.3 Å². The van der Waals surface area contributed by atoms with E-state index in [1.54, 1.807) is 36.4 Å². The lowest BCUT2D eigenvalue weighted by Crippen LogP contribution is -2.21. The van der Waals surface area contributed by atoms with E-state index in [4.69, 9.17) is 27.9 Å². The zero-order valence-electron chi connectivity index (χ0n) is 20.9. The average Bonchev–Trinajstić information content (AvgIpc) is 3.30. The third-order valence-corrected chi connectivity index (χ3v) is 9.04. The normalized spacial score (nSPS) is 11.5. The van der Waals surface area contributed by atoms with Crippen molar-refractivity contribution in [3.63, 3.8) is 0 Å². The van der Waals surface area contributed by atoms with Crippen molar-refractivity contribution in [1.82, 2.24) is 5.43 Å². The molecule has 12 heteroatoms. The van der Waals surface area contributed by atoms with Crippen LogP contribution in [-0.2, 0) is 10.0 Å². The van der Waals surface area contributed by atoms with Gasteiger partial charge in [0.15, 0.2) is 0 Å². The number of nitrogens with one attached hydrogen (secondary N) is 2. The molecule has 0 saturated heterocycles. The Hall–Kier alpha value is -4.22. The van der Waals surface area contributed by atoms with Crippen molar-refractivity contribution in [3.05, 3.63) is 123 Å². The van der Waals surface area contributed by atoms with Gasteiger partial charge in [0, 0.05) is 20.7 Å². The molecule has 0 fully saturated rings. The highest BCUT2D eigenvalue weighted by atomic mass is 35.5. The number of sulfonamides is 1. The van der Waals surface area contributed by atoms with Gasteiger partial charge < -0.3 is 4.74 Å². The van der Waals surface area contributed by atoms with E-state index in [1.807, 2.05) is 24.3 Å². The molecule has 5 aromatic rings. The van der Waals surface area contributed by atoms with Crippen LogP contribution < -0.4 is 14.9 Å². The summed E-state index contributed by atoms with van der Waals surface area (Å²) in [6.07, 6.45) is 1.31. The number of fused-ring (bicyclic) bond motifs is 1. The lowest BCUT2D eigenvalue weighted by molar-refractivity contribution is 0.0739. The monoisotopic (exact) mass is 623 g/mol. The first-order valence-corrected chi connectivity index (χ1v) is 15.0. The van der Waals surface area contributed by atoms with Crippen molar-refractivity contribution >= 4 is 78.4 Å². The summed E-state index contributed by atoms with van der Waals surface area (Å²) in [6.45, 7) is 0. The molecule has 0 saturated carbocycles. The summed E-state index contributed by atoms with van der Waals surface area (Å²) in [5.41, 5.74) is 2.89. The standard InChI is InChI=1S/C29H19Cl2N3O5S2/c30-19-13-15-20(16-14-19)41(37,38)34-23-10-4-2-8-21(23)28(35)33-32-17-18-7-1-5-11-24(18)39-29(36)27-26(31)22-9-3-6-12-25(22)40-27/h1-17,34H,(H,33,35). The molecule has 1 heterocycles. The van der Waals surface area contributed by atoms with Crippen LogP contribution in [0.3, 0.4) is 0 Å². The second-order valence-corrected chi connectivity index (χ2v) is 12.0. The highest BCUT2D eigenvalue weighted by molar-refractivity contribution is 7.92. The van der Waals surface area contributed by atoms with Crippen molar-refractivity contribution in [2.24, 2.45) is 5.10 Å². The van der Waals surface area contributed by atoms with Gasteiger partial charge in [0.05, 0.1) is 27.4 Å². The molecular formula is C29H19Cl2N3O5S2. The van der Waals surface area contributed by atoms with E-state index in [-0.39, 0.29) is 26.8 Å². The van der Waals surface area contributed by atoms with Gasteiger partial charge in [-0.05, 0) is 54.6 Å². The van der Waals surface area contributed by atoms with E-state index in [0.717, 1.165) is 10.1 Å². The van der Waals surface area contributed by atoms with Crippen LogP contribution in [0, 0.1) is 0 Å². The molecule has 0 aliphatic carbocycles. The maximum absolute atomic E-state index is 12.9. The van der Waals surface area contributed by atoms with Gasteiger partial charge in [-0.3, -0.25) is 9.52 Å². The molecule has 206 valence electrons. The molecule has 0 bridgehead atoms. The molecule has 1 aromatic heterocycles. The highest BCUT2D eigenvalue weighted by Crippen LogP contribution is 2.36. The van der Waals surface area contributed by atoms with Gasteiger partial charge in [0.25, 0.3) is 15.9 Å². The number of esters is 1. The fraction of sp³-hybridized carbons (Fsp3) is 0. The molecule has 0 spiro atoms. The molecule has 0 unspecified atom stereocenters. The zero-order chi connectivity index (χ0) is 29.0. The molecular weight excluding hydrogens is 605 g/mol. The molecule has 2 N–H and O–H groups in total. The van der Waals surface area contributed by atoms with Crippen molar-refractivity contribution in [1.29, 1.82) is 0 Å². The fourth-order valence-electron chi connectivity index (χ4n) is 3.78. The number of para-hydroxylation sites is 2. The molecule has 4 aromatic carbocycles. The van der Waals surface area contributed by atoms with Crippen molar-refractivity contribution < 1.29 is 22.7 Å². The van der Waals surface area contributed by atoms with Crippen LogP contribution in [0.5, 0.6) is 5.75 Å². The number of carbonyl (C=O) groups is 2. The van der Waals surface area contributed by atoms with E-state index in [9.17, 15) is 18.0 Å². The van der Waals surface area contributed by atoms with Crippen LogP contribution in [0.4, 0.5) is 5.69 Å². The first kappa shape index (κ1) is 28.3. The number of amides is 1. The van der Waals surface area contributed by atoms with Crippen LogP contribution in [0.25, 0.3) is 10.1 Å². The van der Waals surface area contributed by atoms with Crippen molar-refractivity contribution in [2.45, 2.75) is 4.90 Å². The number of halogens is 2. The second-order valence-electron chi connectivity index (χ2n) is 8.47. The Kier molecular flexibility index (Phi) is 8.36. The van der Waals surface area contributed by atoms with Crippen molar-refractivity contribution in [2.75, 3.05) is 4.72 Å². The number of hydrogen-bond acceptors (Lipinski definition) is 7. The third kappa shape index (κ3) is 6.41. The van der Waals surface area contributed by atoms with Crippen LogP contribution >= 0.6 is 34.5 Å². The van der Waals surface area contributed by atoms with E-state index in [0.29, 0.717) is 15.6 Å². The van der Waals surface area contributed by atoms with Gasteiger partial charge >= 0.3 is 5.97 Å². The molecule has 5 rings (SSSR count). The summed E-state index contributed by atoms with van der Waals surface area (Å²) in [4.78, 5) is 26.1. The molecule has 0 aliphatic rings. The Morgan fingerprint density at radius 2 is 1.54 bits per heavy atom.